The van der Waals surface area contributed by atoms with E-state index >= 15 is 0 Å². The van der Waals surface area contributed by atoms with Crippen molar-refractivity contribution in [2.45, 2.75) is 23.4 Å². The zero-order valence-corrected chi connectivity index (χ0v) is 12.2. The van der Waals surface area contributed by atoms with E-state index in [4.69, 9.17) is 5.73 Å². The molecule has 1 aromatic heterocycles. The van der Waals surface area contributed by atoms with E-state index in [1.165, 1.54) is 16.0 Å². The monoisotopic (exact) mass is 283 g/mol. The van der Waals surface area contributed by atoms with Crippen LogP contribution in [0.5, 0.6) is 0 Å². The molecule has 0 aliphatic rings. The average Bonchev–Trinajstić information content (AvgIpc) is 2.82. The molecule has 3 aromatic rings. The van der Waals surface area contributed by atoms with Crippen molar-refractivity contribution in [1.82, 2.24) is 9.97 Å². The summed E-state index contributed by atoms with van der Waals surface area (Å²) in [6, 6.07) is 14.7. The number of imidazole rings is 1. The maximum absolute atomic E-state index is 5.56. The molecule has 0 unspecified atom stereocenters. The summed E-state index contributed by atoms with van der Waals surface area (Å²) in [4.78, 5) is 9.13. The van der Waals surface area contributed by atoms with Gasteiger partial charge in [0.05, 0.1) is 11.0 Å². The number of hydrogen-bond acceptors (Lipinski definition) is 3. The number of aryl methyl sites for hydroxylation is 1. The Kier molecular flexibility index (Phi) is 3.76. The zero-order chi connectivity index (χ0) is 13.9. The third-order valence-corrected chi connectivity index (χ3v) is 4.08. The van der Waals surface area contributed by atoms with Gasteiger partial charge in [-0.05, 0) is 55.3 Å². The van der Waals surface area contributed by atoms with Crippen molar-refractivity contribution in [1.29, 1.82) is 0 Å². The third kappa shape index (κ3) is 2.86. The Bertz CT molecular complexity index is 716. The highest BCUT2D eigenvalue weighted by Gasteiger charge is 2.05. The zero-order valence-electron chi connectivity index (χ0n) is 11.4. The highest BCUT2D eigenvalue weighted by molar-refractivity contribution is 7.99. The van der Waals surface area contributed by atoms with Crippen molar-refractivity contribution in [2.75, 3.05) is 6.54 Å². The molecular weight excluding hydrogens is 266 g/mol. The van der Waals surface area contributed by atoms with E-state index in [1.807, 2.05) is 0 Å². The van der Waals surface area contributed by atoms with Gasteiger partial charge in [-0.2, -0.15) is 0 Å². The van der Waals surface area contributed by atoms with Crippen LogP contribution in [0.25, 0.3) is 11.0 Å². The predicted octanol–water partition coefficient (Wildman–Crippen LogP) is 3.52. The Morgan fingerprint density at radius 3 is 2.70 bits per heavy atom. The van der Waals surface area contributed by atoms with Crippen molar-refractivity contribution in [3.8, 4) is 0 Å². The van der Waals surface area contributed by atoms with Crippen LogP contribution in [0.4, 0.5) is 0 Å². The quantitative estimate of drug-likeness (QED) is 0.770. The Labute approximate surface area is 122 Å². The van der Waals surface area contributed by atoms with E-state index in [0.717, 1.165) is 22.6 Å². The topological polar surface area (TPSA) is 54.7 Å². The second kappa shape index (κ2) is 5.69. The van der Waals surface area contributed by atoms with Gasteiger partial charge >= 0.3 is 0 Å². The van der Waals surface area contributed by atoms with Crippen LogP contribution >= 0.6 is 11.8 Å². The summed E-state index contributed by atoms with van der Waals surface area (Å²) in [6.07, 6.45) is 0.925. The van der Waals surface area contributed by atoms with E-state index < -0.39 is 0 Å². The number of nitrogens with one attached hydrogen (secondary N) is 1. The molecule has 102 valence electrons. The van der Waals surface area contributed by atoms with E-state index in [0.29, 0.717) is 6.54 Å². The first-order valence-corrected chi connectivity index (χ1v) is 7.49. The van der Waals surface area contributed by atoms with Crippen LogP contribution in [0.2, 0.25) is 0 Å². The molecular formula is C16H17N3S. The molecule has 0 atom stereocenters. The molecule has 0 aliphatic heterocycles. The van der Waals surface area contributed by atoms with Crippen LogP contribution in [0.15, 0.2) is 52.5 Å². The molecule has 20 heavy (non-hydrogen) atoms. The van der Waals surface area contributed by atoms with Gasteiger partial charge in [0.1, 0.15) is 0 Å². The minimum atomic E-state index is 0.690. The molecule has 0 saturated heterocycles. The van der Waals surface area contributed by atoms with E-state index in [2.05, 4.69) is 59.4 Å². The summed E-state index contributed by atoms with van der Waals surface area (Å²) < 4.78 is 0. The number of rotatable bonds is 4. The van der Waals surface area contributed by atoms with Crippen molar-refractivity contribution in [3.05, 3.63) is 53.6 Å². The first-order valence-electron chi connectivity index (χ1n) is 6.68. The lowest BCUT2D eigenvalue weighted by Gasteiger charge is -2.01. The normalized spacial score (nSPS) is 11.1. The van der Waals surface area contributed by atoms with Gasteiger partial charge in [-0.25, -0.2) is 4.98 Å². The van der Waals surface area contributed by atoms with E-state index in [-0.39, 0.29) is 0 Å². The molecule has 3 rings (SSSR count). The number of nitrogens with two attached hydrogens (primary N) is 1. The van der Waals surface area contributed by atoms with Crippen molar-refractivity contribution >= 4 is 22.8 Å². The van der Waals surface area contributed by atoms with E-state index in [1.54, 1.807) is 11.8 Å². The first-order chi connectivity index (χ1) is 9.74. The molecule has 0 saturated carbocycles. The second-order valence-electron chi connectivity index (χ2n) is 4.85. The van der Waals surface area contributed by atoms with Crippen LogP contribution in [-0.2, 0) is 6.42 Å². The SMILES string of the molecule is Cc1ccc2nc(Sc3ccc(CCN)cc3)[nH]c2c1. The fraction of sp³-hybridized carbons (Fsp3) is 0.188. The van der Waals surface area contributed by atoms with Crippen molar-refractivity contribution < 1.29 is 0 Å². The number of fused-ring (bicyclic) bond motifs is 1. The van der Waals surface area contributed by atoms with Gasteiger partial charge in [-0.1, -0.05) is 30.0 Å². The van der Waals surface area contributed by atoms with Gasteiger partial charge < -0.3 is 10.7 Å². The standard InChI is InChI=1S/C16H17N3S/c1-11-2-7-14-15(10-11)19-16(18-14)20-13-5-3-12(4-6-13)8-9-17/h2-7,10H,8-9,17H2,1H3,(H,18,19). The molecule has 0 amide bonds. The predicted molar refractivity (Wildman–Crippen MR) is 84.2 cm³/mol. The number of nitrogens with zero attached hydrogens (tertiary/aromatic N) is 1. The van der Waals surface area contributed by atoms with Crippen molar-refractivity contribution in [2.24, 2.45) is 5.73 Å². The third-order valence-electron chi connectivity index (χ3n) is 3.19. The maximum atomic E-state index is 5.56. The van der Waals surface area contributed by atoms with Gasteiger partial charge in [-0.3, -0.25) is 0 Å². The minimum Gasteiger partial charge on any atom is -0.333 e. The van der Waals surface area contributed by atoms with Gasteiger partial charge in [0.25, 0.3) is 0 Å². The van der Waals surface area contributed by atoms with Gasteiger partial charge in [0.2, 0.25) is 0 Å². The smallest absolute Gasteiger partial charge is 0.171 e. The fourth-order valence-corrected chi connectivity index (χ4v) is 2.95. The van der Waals surface area contributed by atoms with Gasteiger partial charge in [0, 0.05) is 4.90 Å². The lowest BCUT2D eigenvalue weighted by molar-refractivity contribution is 0.966. The summed E-state index contributed by atoms with van der Waals surface area (Å²) >= 11 is 1.65. The Hall–Kier alpha value is -1.78. The van der Waals surface area contributed by atoms with Crippen LogP contribution in [-0.4, -0.2) is 16.5 Å². The lowest BCUT2D eigenvalue weighted by atomic mass is 10.2. The van der Waals surface area contributed by atoms with Gasteiger partial charge in [-0.15, -0.1) is 0 Å². The van der Waals surface area contributed by atoms with Crippen LogP contribution in [0.3, 0.4) is 0 Å². The second-order valence-corrected chi connectivity index (χ2v) is 5.91. The van der Waals surface area contributed by atoms with Crippen LogP contribution in [0.1, 0.15) is 11.1 Å². The lowest BCUT2D eigenvalue weighted by Crippen LogP contribution is -2.02. The summed E-state index contributed by atoms with van der Waals surface area (Å²) in [5, 5.41) is 0.928. The number of H-pyrrole nitrogens is 1. The molecule has 0 radical (unpaired) electrons. The molecule has 0 bridgehead atoms. The highest BCUT2D eigenvalue weighted by atomic mass is 32.2. The number of aromatic nitrogens is 2. The molecule has 1 heterocycles. The summed E-state index contributed by atoms with van der Waals surface area (Å²) in [5.41, 5.74) is 10.2. The molecule has 3 nitrogen and oxygen atoms in total. The molecule has 3 N–H and O–H groups in total. The molecule has 0 aliphatic carbocycles. The molecule has 0 spiro atoms. The Morgan fingerprint density at radius 2 is 1.95 bits per heavy atom. The van der Waals surface area contributed by atoms with Gasteiger partial charge in [0.15, 0.2) is 5.16 Å². The maximum Gasteiger partial charge on any atom is 0.171 e. The molecule has 0 fully saturated rings. The van der Waals surface area contributed by atoms with Crippen molar-refractivity contribution in [3.63, 3.8) is 0 Å². The Morgan fingerprint density at radius 1 is 1.15 bits per heavy atom. The van der Waals surface area contributed by atoms with E-state index in [9.17, 15) is 0 Å². The number of aromatic amines is 1. The fourth-order valence-electron chi connectivity index (χ4n) is 2.15. The average molecular weight is 283 g/mol. The summed E-state index contributed by atoms with van der Waals surface area (Å²) in [5.74, 6) is 0. The highest BCUT2D eigenvalue weighted by Crippen LogP contribution is 2.27. The summed E-state index contributed by atoms with van der Waals surface area (Å²) in [7, 11) is 0. The van der Waals surface area contributed by atoms with Crippen LogP contribution < -0.4 is 5.73 Å². The largest absolute Gasteiger partial charge is 0.333 e. The van der Waals surface area contributed by atoms with Crippen LogP contribution in [0, 0.1) is 6.92 Å². The summed E-state index contributed by atoms with van der Waals surface area (Å²) in [6.45, 7) is 2.78. The Balaban J connectivity index is 1.81. The minimum absolute atomic E-state index is 0.690. The number of hydrogen-bond donors (Lipinski definition) is 2. The molecule has 4 heteroatoms. The number of benzene rings is 2. The first kappa shape index (κ1) is 13.2. The molecule has 2 aromatic carbocycles.